The van der Waals surface area contributed by atoms with Crippen molar-refractivity contribution in [3.8, 4) is 0 Å². The van der Waals surface area contributed by atoms with Crippen molar-refractivity contribution in [2.45, 2.75) is 191 Å². The first-order chi connectivity index (χ1) is 43.4. The van der Waals surface area contributed by atoms with E-state index in [1.807, 2.05) is 0 Å². The fraction of sp³-hybridized carbons (Fsp3) is 1.00. The Balaban J connectivity index is 9.03. The van der Waals surface area contributed by atoms with E-state index in [1.165, 1.54) is 0 Å². The molecular formula is C32F68O3Si. The van der Waals surface area contributed by atoms with Crippen LogP contribution in [0.1, 0.15) is 0 Å². The van der Waals surface area contributed by atoms with Gasteiger partial charge in [0, 0.05) is 0 Å². The summed E-state index contributed by atoms with van der Waals surface area (Å²) in [4.78, 5) is 0. The highest BCUT2D eigenvalue weighted by atomic mass is 28.4. The lowest BCUT2D eigenvalue weighted by Gasteiger charge is -2.48. The van der Waals surface area contributed by atoms with E-state index in [9.17, 15) is 290 Å². The molecule has 0 rings (SSSR count). The number of halogens is 68. The van der Waals surface area contributed by atoms with E-state index in [0.29, 0.717) is 13.3 Å². The molecule has 0 aliphatic carbocycles. The average molecular weight is 1750 g/mol. The minimum absolute atomic E-state index is 0.351. The molecule has 0 aromatic heterocycles. The summed E-state index contributed by atoms with van der Waals surface area (Å²) >= 11 is 0. The molecule has 0 saturated carbocycles. The van der Waals surface area contributed by atoms with Crippen LogP contribution in [0, 0.1) is 0 Å². The lowest BCUT2D eigenvalue weighted by Crippen LogP contribution is -2.82. The van der Waals surface area contributed by atoms with E-state index < -0.39 is 200 Å². The standard InChI is InChI=1S/C32F68O3Si/c33-1(34,2(35,36)4(39,40)7(45,46)11(53,54)15(61,62)19(69,70)23(77,78)27(85,86)87)3(37,38)5(41,42)10(51,52)14(59,60)18(67,68)22(75,76)26(83,84)30(93,94)104(102-31(95,96)97,103-32(98,99)100)101-29(91,92)25(81,82)21(73,74)17(65,66)13(57,58)9(49,50)6(43,44)8(47,48)12(55,56)16(63,64)20(71,72)24(79,80)28(88,89)90. The molecular weight excluding hydrogens is 1750 g/mol. The second-order valence-corrected chi connectivity index (χ2v) is 21.1. The normalized spacial score (nSPS) is 17.5. The molecule has 0 radical (unpaired) electrons. The zero-order valence-corrected chi connectivity index (χ0v) is 44.4. The van der Waals surface area contributed by atoms with Crippen molar-refractivity contribution in [2.24, 2.45) is 0 Å². The molecule has 3 nitrogen and oxygen atoms in total. The Labute approximate surface area is 512 Å². The van der Waals surface area contributed by atoms with Crippen LogP contribution in [0.25, 0.3) is 0 Å². The van der Waals surface area contributed by atoms with Crippen LogP contribution in [0.15, 0.2) is 0 Å². The van der Waals surface area contributed by atoms with Gasteiger partial charge < -0.3 is 4.43 Å². The summed E-state index contributed by atoms with van der Waals surface area (Å²) in [6, 6.07) is 0. The zero-order chi connectivity index (χ0) is 86.6. The van der Waals surface area contributed by atoms with Crippen molar-refractivity contribution in [2.75, 3.05) is 0 Å². The van der Waals surface area contributed by atoms with Gasteiger partial charge in [-0.15, -0.1) is 26.3 Å². The summed E-state index contributed by atoms with van der Waals surface area (Å²) in [6.07, 6.45) is -47.0. The highest BCUT2D eigenvalue weighted by molar-refractivity contribution is 6.64. The molecule has 0 aliphatic rings. The predicted molar refractivity (Wildman–Crippen MR) is 172 cm³/mol. The van der Waals surface area contributed by atoms with Crippen LogP contribution in [0.3, 0.4) is 0 Å². The Morgan fingerprint density at radius 3 is 0.337 bits per heavy atom. The van der Waals surface area contributed by atoms with E-state index in [0.717, 1.165) is 0 Å². The van der Waals surface area contributed by atoms with Gasteiger partial charge in [0.15, 0.2) is 0 Å². The number of hydrogen-bond acceptors (Lipinski definition) is 3. The maximum atomic E-state index is 15.3. The third kappa shape index (κ3) is 12.0. The largest absolute Gasteiger partial charge is 0.599 e. The first-order valence-electron chi connectivity index (χ1n) is 21.3. The summed E-state index contributed by atoms with van der Waals surface area (Å²) in [6.45, 7) is 0. The lowest BCUT2D eigenvalue weighted by atomic mass is 9.82. The average Bonchev–Trinajstić information content (AvgIpc) is 0.684. The molecule has 626 valence electrons. The van der Waals surface area contributed by atoms with Gasteiger partial charge in [0.05, 0.1) is 0 Å². The molecule has 0 amide bonds. The highest BCUT2D eigenvalue weighted by Crippen LogP contribution is 2.74. The SMILES string of the molecule is FC(F)(F)O[Si](OC(F)(F)F)(OC(F)(F)C(F)(F)C(F)(F)C(F)(F)C(F)(F)C(F)(F)C(F)(F)C(F)(F)C(F)(F)C(F)(F)C(F)(F)C(F)(F)C(F)(F)F)C(F)(F)C(F)(F)C(F)(F)C(F)(F)C(F)(F)C(F)(F)C(F)(F)C(F)(F)C(F)(F)C(F)(F)C(F)(F)C(F)(F)C(F)(F)C(F)(F)C(F)(F)C(F)(F)C(F)(F)F. The Morgan fingerprint density at radius 1 is 0.115 bits per heavy atom. The van der Waals surface area contributed by atoms with E-state index in [1.54, 1.807) is 0 Å². The van der Waals surface area contributed by atoms with Gasteiger partial charge in [-0.1, -0.05) is 0 Å². The van der Waals surface area contributed by atoms with Gasteiger partial charge in [0.25, 0.3) is 0 Å². The fourth-order valence-electron chi connectivity index (χ4n) is 6.06. The molecule has 0 unspecified atom stereocenters. The summed E-state index contributed by atoms with van der Waals surface area (Å²) in [5, 5.41) is 0. The zero-order valence-electron chi connectivity index (χ0n) is 43.4. The quantitative estimate of drug-likeness (QED) is 0.0511. The highest BCUT2D eigenvalue weighted by Gasteiger charge is 3.06. The predicted octanol–water partition coefficient (Wildman–Crippen LogP) is 21.4. The molecule has 0 spiro atoms. The molecule has 72 heteroatoms. The molecule has 0 aromatic carbocycles. The number of alkyl halides is 68. The van der Waals surface area contributed by atoms with Gasteiger partial charge in [-0.3, -0.25) is 8.85 Å². The van der Waals surface area contributed by atoms with E-state index >= 15 is 8.78 Å². The summed E-state index contributed by atoms with van der Waals surface area (Å²) < 4.78 is 947. The fourth-order valence-corrected chi connectivity index (χ4v) is 8.18. The van der Waals surface area contributed by atoms with Gasteiger partial charge >= 0.3 is 200 Å². The molecule has 0 heterocycles. The summed E-state index contributed by atoms with van der Waals surface area (Å²) in [5.74, 6) is -280. The number of rotatable bonds is 31. The molecule has 0 aliphatic heterocycles. The molecule has 0 saturated heterocycles. The maximum absolute atomic E-state index is 15.3. The van der Waals surface area contributed by atoms with Crippen molar-refractivity contribution in [1.29, 1.82) is 0 Å². The molecule has 0 bridgehead atoms. The van der Waals surface area contributed by atoms with Gasteiger partial charge in [-0.25, -0.2) is 0 Å². The van der Waals surface area contributed by atoms with Crippen molar-refractivity contribution < 1.29 is 312 Å². The monoisotopic (exact) mass is 1750 g/mol. The van der Waals surface area contributed by atoms with Crippen LogP contribution in [-0.4, -0.2) is 200 Å². The van der Waals surface area contributed by atoms with E-state index in [2.05, 4.69) is 0 Å². The van der Waals surface area contributed by atoms with Crippen LogP contribution >= 0.6 is 0 Å². The summed E-state index contributed by atoms with van der Waals surface area (Å²) in [5.41, 5.74) is -11.2. The molecule has 0 N–H and O–H groups in total. The lowest BCUT2D eigenvalue weighted by molar-refractivity contribution is -0.493. The topological polar surface area (TPSA) is 27.7 Å². The Kier molecular flexibility index (Phi) is 23.1. The Bertz CT molecular complexity index is 3030. The van der Waals surface area contributed by atoms with Gasteiger partial charge in [-0.2, -0.15) is 272 Å². The van der Waals surface area contributed by atoms with Gasteiger partial charge in [0.2, 0.25) is 0 Å². The second-order valence-electron chi connectivity index (χ2n) is 18.8. The van der Waals surface area contributed by atoms with Crippen molar-refractivity contribution in [1.82, 2.24) is 0 Å². The second kappa shape index (κ2) is 24.2. The molecule has 0 fully saturated rings. The van der Waals surface area contributed by atoms with Crippen LogP contribution in [-0.2, 0) is 13.3 Å². The maximum Gasteiger partial charge on any atom is 0.599 e. The minimum Gasteiger partial charge on any atom is -0.304 e. The van der Waals surface area contributed by atoms with Crippen LogP contribution in [0.5, 0.6) is 0 Å². The van der Waals surface area contributed by atoms with Gasteiger partial charge in [0.1, 0.15) is 0 Å². The molecule has 0 atom stereocenters. The van der Waals surface area contributed by atoms with Crippen molar-refractivity contribution in [3.63, 3.8) is 0 Å². The molecule has 0 aromatic rings. The first kappa shape index (κ1) is 99.3. The third-order valence-electron chi connectivity index (χ3n) is 12.1. The van der Waals surface area contributed by atoms with Crippen LogP contribution in [0.2, 0.25) is 0 Å². The van der Waals surface area contributed by atoms with Crippen LogP contribution < -0.4 is 0 Å². The van der Waals surface area contributed by atoms with E-state index in [4.69, 9.17) is 0 Å². The van der Waals surface area contributed by atoms with Crippen molar-refractivity contribution in [3.05, 3.63) is 0 Å². The summed E-state index contributed by atoms with van der Waals surface area (Å²) in [7, 11) is -13.1. The number of hydrogen-bond donors (Lipinski definition) is 0. The van der Waals surface area contributed by atoms with E-state index in [-0.39, 0.29) is 0 Å². The smallest absolute Gasteiger partial charge is 0.304 e. The minimum atomic E-state index is -13.1. The molecule has 104 heavy (non-hydrogen) atoms. The van der Waals surface area contributed by atoms with Gasteiger partial charge in [-0.05, 0) is 0 Å². The van der Waals surface area contributed by atoms with Crippen molar-refractivity contribution >= 4 is 8.80 Å². The Morgan fingerprint density at radius 2 is 0.221 bits per heavy atom. The third-order valence-corrected chi connectivity index (χ3v) is 14.7. The van der Waals surface area contributed by atoms with Crippen LogP contribution in [0.4, 0.5) is 299 Å². The first-order valence-corrected chi connectivity index (χ1v) is 23.1. The Hall–Kier alpha value is -4.66.